The molecule has 0 saturated carbocycles. The molecule has 78 valence electrons. The molecule has 1 aromatic carbocycles. The Morgan fingerprint density at radius 3 is 3.20 bits per heavy atom. The van der Waals surface area contributed by atoms with Crippen LogP contribution in [0.4, 0.5) is 0 Å². The second-order valence-corrected chi connectivity index (χ2v) is 3.52. The maximum absolute atomic E-state index is 11.4. The Labute approximate surface area is 89.2 Å². The first-order chi connectivity index (χ1) is 7.33. The second-order valence-electron chi connectivity index (χ2n) is 3.52. The number of carbonyl (C=O) groups excluding carboxylic acids is 1. The van der Waals surface area contributed by atoms with Gasteiger partial charge in [0.1, 0.15) is 0 Å². The molecule has 3 heteroatoms. The standard InChI is InChI=1S/C12H14N2O/c1-13-7-3-5-9-4-2-6-10-11(9)8-14-12(10)15/h2-6,13H,7-8H2,1H3,(H,14,15). The van der Waals surface area contributed by atoms with E-state index >= 15 is 0 Å². The van der Waals surface area contributed by atoms with Gasteiger partial charge in [-0.2, -0.15) is 0 Å². The van der Waals surface area contributed by atoms with Gasteiger partial charge >= 0.3 is 0 Å². The Hall–Kier alpha value is -1.61. The number of hydrogen-bond donors (Lipinski definition) is 2. The predicted octanol–water partition coefficient (Wildman–Crippen LogP) is 1.16. The average molecular weight is 202 g/mol. The molecule has 0 aliphatic carbocycles. The van der Waals surface area contributed by atoms with Crippen LogP contribution in [0.1, 0.15) is 21.5 Å². The maximum Gasteiger partial charge on any atom is 0.251 e. The van der Waals surface area contributed by atoms with Crippen molar-refractivity contribution in [1.82, 2.24) is 10.6 Å². The van der Waals surface area contributed by atoms with Gasteiger partial charge in [0, 0.05) is 18.7 Å². The van der Waals surface area contributed by atoms with Crippen LogP contribution in [-0.4, -0.2) is 19.5 Å². The minimum atomic E-state index is 0.0360. The molecule has 0 saturated heterocycles. The van der Waals surface area contributed by atoms with E-state index in [1.165, 1.54) is 0 Å². The topological polar surface area (TPSA) is 41.1 Å². The normalized spacial score (nSPS) is 14.3. The number of likely N-dealkylation sites (N-methyl/N-ethyl adjacent to an activating group) is 1. The van der Waals surface area contributed by atoms with Crippen LogP contribution in [0.15, 0.2) is 24.3 Å². The van der Waals surface area contributed by atoms with Crippen LogP contribution in [0.25, 0.3) is 6.08 Å². The van der Waals surface area contributed by atoms with Gasteiger partial charge in [-0.15, -0.1) is 0 Å². The van der Waals surface area contributed by atoms with Crippen molar-refractivity contribution in [2.75, 3.05) is 13.6 Å². The van der Waals surface area contributed by atoms with Crippen LogP contribution in [0.5, 0.6) is 0 Å². The fourth-order valence-corrected chi connectivity index (χ4v) is 1.74. The smallest absolute Gasteiger partial charge is 0.251 e. The van der Waals surface area contributed by atoms with Gasteiger partial charge < -0.3 is 10.6 Å². The summed E-state index contributed by atoms with van der Waals surface area (Å²) in [7, 11) is 1.91. The van der Waals surface area contributed by atoms with Crippen molar-refractivity contribution >= 4 is 12.0 Å². The SMILES string of the molecule is CNCC=Cc1cccc2c1CNC2=O. The first-order valence-electron chi connectivity index (χ1n) is 5.04. The molecule has 2 rings (SSSR count). The summed E-state index contributed by atoms with van der Waals surface area (Å²) in [4.78, 5) is 11.4. The number of nitrogens with one attached hydrogen (secondary N) is 2. The largest absolute Gasteiger partial charge is 0.348 e. The van der Waals surface area contributed by atoms with Crippen LogP contribution >= 0.6 is 0 Å². The zero-order chi connectivity index (χ0) is 10.7. The molecule has 15 heavy (non-hydrogen) atoms. The summed E-state index contributed by atoms with van der Waals surface area (Å²) in [6.45, 7) is 1.49. The number of hydrogen-bond acceptors (Lipinski definition) is 2. The number of benzene rings is 1. The lowest BCUT2D eigenvalue weighted by Gasteiger charge is -2.00. The summed E-state index contributed by atoms with van der Waals surface area (Å²) in [6.07, 6.45) is 4.11. The fraction of sp³-hybridized carbons (Fsp3) is 0.250. The van der Waals surface area contributed by atoms with E-state index in [9.17, 15) is 4.79 Å². The third-order valence-corrected chi connectivity index (χ3v) is 2.50. The number of amides is 1. The van der Waals surface area contributed by atoms with Crippen LogP contribution < -0.4 is 10.6 Å². The second kappa shape index (κ2) is 4.28. The molecular formula is C12H14N2O. The van der Waals surface area contributed by atoms with Crippen LogP contribution in [0.3, 0.4) is 0 Å². The summed E-state index contributed by atoms with van der Waals surface area (Å²) in [6, 6.07) is 5.82. The van der Waals surface area contributed by atoms with Gasteiger partial charge in [0.15, 0.2) is 0 Å². The van der Waals surface area contributed by atoms with Gasteiger partial charge in [0.25, 0.3) is 5.91 Å². The summed E-state index contributed by atoms with van der Waals surface area (Å²) >= 11 is 0. The molecule has 0 aromatic heterocycles. The van der Waals surface area contributed by atoms with E-state index < -0.39 is 0 Å². The molecule has 0 spiro atoms. The Morgan fingerprint density at radius 1 is 1.53 bits per heavy atom. The highest BCUT2D eigenvalue weighted by molar-refractivity contribution is 5.99. The molecule has 0 radical (unpaired) electrons. The van der Waals surface area contributed by atoms with Gasteiger partial charge in [-0.1, -0.05) is 24.3 Å². The molecule has 2 N–H and O–H groups in total. The molecule has 1 aliphatic rings. The minimum Gasteiger partial charge on any atom is -0.348 e. The molecular weight excluding hydrogens is 188 g/mol. The Morgan fingerprint density at radius 2 is 2.40 bits per heavy atom. The number of rotatable bonds is 3. The third kappa shape index (κ3) is 1.92. The first-order valence-corrected chi connectivity index (χ1v) is 5.04. The monoisotopic (exact) mass is 202 g/mol. The maximum atomic E-state index is 11.4. The van der Waals surface area contributed by atoms with E-state index in [4.69, 9.17) is 0 Å². The van der Waals surface area contributed by atoms with E-state index in [0.29, 0.717) is 6.54 Å². The number of carbonyl (C=O) groups is 1. The molecule has 0 fully saturated rings. The van der Waals surface area contributed by atoms with Gasteiger partial charge in [0.2, 0.25) is 0 Å². The zero-order valence-corrected chi connectivity index (χ0v) is 8.71. The first kappa shape index (κ1) is 9.93. The van der Waals surface area contributed by atoms with Crippen molar-refractivity contribution in [3.8, 4) is 0 Å². The summed E-state index contributed by atoms with van der Waals surface area (Å²) in [5, 5.41) is 5.87. The predicted molar refractivity (Wildman–Crippen MR) is 60.6 cm³/mol. The van der Waals surface area contributed by atoms with E-state index in [1.807, 2.05) is 25.2 Å². The lowest BCUT2D eigenvalue weighted by atomic mass is 10.0. The molecule has 0 atom stereocenters. The molecule has 1 aliphatic heterocycles. The van der Waals surface area contributed by atoms with Gasteiger partial charge in [-0.25, -0.2) is 0 Å². The van der Waals surface area contributed by atoms with E-state index in [2.05, 4.69) is 22.8 Å². The molecule has 1 aromatic rings. The quantitative estimate of drug-likeness (QED) is 0.772. The zero-order valence-electron chi connectivity index (χ0n) is 8.71. The molecule has 1 heterocycles. The highest BCUT2D eigenvalue weighted by Gasteiger charge is 2.19. The van der Waals surface area contributed by atoms with Crippen molar-refractivity contribution < 1.29 is 4.79 Å². The highest BCUT2D eigenvalue weighted by Crippen LogP contribution is 2.20. The molecule has 1 amide bonds. The van der Waals surface area contributed by atoms with Crippen LogP contribution in [0, 0.1) is 0 Å². The van der Waals surface area contributed by atoms with Crippen LogP contribution in [0.2, 0.25) is 0 Å². The third-order valence-electron chi connectivity index (χ3n) is 2.50. The molecule has 0 bridgehead atoms. The highest BCUT2D eigenvalue weighted by atomic mass is 16.1. The van der Waals surface area contributed by atoms with Gasteiger partial charge in [-0.3, -0.25) is 4.79 Å². The van der Waals surface area contributed by atoms with Crippen LogP contribution in [-0.2, 0) is 6.54 Å². The average Bonchev–Trinajstić information content (AvgIpc) is 2.62. The van der Waals surface area contributed by atoms with Crippen molar-refractivity contribution in [2.24, 2.45) is 0 Å². The Bertz CT molecular complexity index is 410. The lowest BCUT2D eigenvalue weighted by molar-refractivity contribution is 0.0966. The fourth-order valence-electron chi connectivity index (χ4n) is 1.74. The van der Waals surface area contributed by atoms with Crippen molar-refractivity contribution in [3.63, 3.8) is 0 Å². The summed E-state index contributed by atoms with van der Waals surface area (Å²) < 4.78 is 0. The van der Waals surface area contributed by atoms with E-state index in [0.717, 1.165) is 23.2 Å². The van der Waals surface area contributed by atoms with Gasteiger partial charge in [0.05, 0.1) is 0 Å². The van der Waals surface area contributed by atoms with E-state index in [1.54, 1.807) is 0 Å². The Balaban J connectivity index is 2.30. The number of fused-ring (bicyclic) bond motifs is 1. The molecule has 0 unspecified atom stereocenters. The van der Waals surface area contributed by atoms with Gasteiger partial charge in [-0.05, 0) is 24.2 Å². The minimum absolute atomic E-state index is 0.0360. The Kier molecular flexibility index (Phi) is 2.83. The van der Waals surface area contributed by atoms with Crippen molar-refractivity contribution in [3.05, 3.63) is 41.0 Å². The summed E-state index contributed by atoms with van der Waals surface area (Å²) in [5.41, 5.74) is 3.04. The summed E-state index contributed by atoms with van der Waals surface area (Å²) in [5.74, 6) is 0.0360. The van der Waals surface area contributed by atoms with Crippen molar-refractivity contribution in [2.45, 2.75) is 6.54 Å². The lowest BCUT2D eigenvalue weighted by Crippen LogP contribution is -2.12. The van der Waals surface area contributed by atoms with E-state index in [-0.39, 0.29) is 5.91 Å². The van der Waals surface area contributed by atoms with Crippen molar-refractivity contribution in [1.29, 1.82) is 0 Å². The molecule has 3 nitrogen and oxygen atoms in total.